The lowest BCUT2D eigenvalue weighted by molar-refractivity contribution is -0.119. The molecular formula is C21H30N4O3S2. The van der Waals surface area contributed by atoms with Crippen LogP contribution in [-0.4, -0.2) is 32.3 Å². The van der Waals surface area contributed by atoms with Crippen molar-refractivity contribution < 1.29 is 9.59 Å². The predicted octanol–water partition coefficient (Wildman–Crippen LogP) is 3.71. The Hall–Kier alpha value is -1.87. The van der Waals surface area contributed by atoms with Crippen molar-refractivity contribution in [3.63, 3.8) is 0 Å². The van der Waals surface area contributed by atoms with Gasteiger partial charge in [-0.25, -0.2) is 9.78 Å². The quantitative estimate of drug-likeness (QED) is 0.547. The lowest BCUT2D eigenvalue weighted by Crippen LogP contribution is -2.49. The molecule has 0 fully saturated rings. The van der Waals surface area contributed by atoms with Gasteiger partial charge in [0.2, 0.25) is 5.91 Å². The van der Waals surface area contributed by atoms with Crippen LogP contribution >= 0.6 is 23.1 Å². The molecule has 0 saturated heterocycles. The number of rotatable bonds is 4. The highest BCUT2D eigenvalue weighted by Crippen LogP contribution is 2.36. The van der Waals surface area contributed by atoms with Crippen molar-refractivity contribution in [3.8, 4) is 0 Å². The Balaban J connectivity index is 1.86. The molecule has 1 aliphatic carbocycles. The van der Waals surface area contributed by atoms with Crippen LogP contribution in [0.1, 0.15) is 58.4 Å². The Morgan fingerprint density at radius 1 is 1.37 bits per heavy atom. The van der Waals surface area contributed by atoms with Gasteiger partial charge < -0.3 is 5.32 Å². The van der Waals surface area contributed by atoms with Crippen molar-refractivity contribution in [1.82, 2.24) is 20.2 Å². The summed E-state index contributed by atoms with van der Waals surface area (Å²) in [6.45, 7) is 11.9. The smallest absolute Gasteiger partial charge is 0.321 e. The van der Waals surface area contributed by atoms with Crippen LogP contribution in [0.25, 0.3) is 10.2 Å². The molecule has 2 heterocycles. The first-order chi connectivity index (χ1) is 14.0. The first-order valence-corrected chi connectivity index (χ1v) is 12.0. The number of nitrogens with zero attached hydrogens (tertiary/aromatic N) is 2. The summed E-state index contributed by atoms with van der Waals surface area (Å²) in [6, 6.07) is -0.531. The zero-order chi connectivity index (χ0) is 22.2. The summed E-state index contributed by atoms with van der Waals surface area (Å²) in [7, 11) is 0. The SMILES string of the molecule is CCn1c(SC(C)C(=O)NC(=O)NC(C)(C)C)nc2sc3c(c2c1=O)CCC(C)C3. The van der Waals surface area contributed by atoms with E-state index in [1.54, 1.807) is 22.8 Å². The second-order valence-electron chi connectivity index (χ2n) is 8.93. The number of thiophene rings is 1. The maximum Gasteiger partial charge on any atom is 0.321 e. The molecular weight excluding hydrogens is 420 g/mol. The molecule has 3 rings (SSSR count). The molecule has 0 aromatic carbocycles. The Labute approximate surface area is 185 Å². The Bertz CT molecular complexity index is 1040. The van der Waals surface area contributed by atoms with Crippen LogP contribution in [0.5, 0.6) is 0 Å². The topological polar surface area (TPSA) is 93.1 Å². The molecule has 0 aliphatic heterocycles. The number of imide groups is 1. The van der Waals surface area contributed by atoms with E-state index in [1.807, 2.05) is 27.7 Å². The maximum atomic E-state index is 13.2. The van der Waals surface area contributed by atoms with Gasteiger partial charge in [0.1, 0.15) is 4.83 Å². The average Bonchev–Trinajstić information content (AvgIpc) is 2.97. The summed E-state index contributed by atoms with van der Waals surface area (Å²) in [6.07, 6.45) is 3.01. The normalized spacial score (nSPS) is 17.5. The maximum absolute atomic E-state index is 13.2. The monoisotopic (exact) mass is 450 g/mol. The van der Waals surface area contributed by atoms with Gasteiger partial charge in [-0.3, -0.25) is 19.5 Å². The van der Waals surface area contributed by atoms with Crippen molar-refractivity contribution in [2.75, 3.05) is 0 Å². The van der Waals surface area contributed by atoms with Crippen LogP contribution in [0.2, 0.25) is 0 Å². The summed E-state index contributed by atoms with van der Waals surface area (Å²) in [5.41, 5.74) is 0.690. The fraction of sp³-hybridized carbons (Fsp3) is 0.619. The van der Waals surface area contributed by atoms with Gasteiger partial charge in [0.05, 0.1) is 10.6 Å². The van der Waals surface area contributed by atoms with Gasteiger partial charge in [0.15, 0.2) is 5.16 Å². The summed E-state index contributed by atoms with van der Waals surface area (Å²) >= 11 is 2.81. The molecule has 2 aromatic heterocycles. The molecule has 2 unspecified atom stereocenters. The van der Waals surface area contributed by atoms with Gasteiger partial charge >= 0.3 is 6.03 Å². The minimum atomic E-state index is -0.576. The molecule has 9 heteroatoms. The third-order valence-corrected chi connectivity index (χ3v) is 7.31. The number of fused-ring (bicyclic) bond motifs is 3. The van der Waals surface area contributed by atoms with Crippen LogP contribution < -0.4 is 16.2 Å². The van der Waals surface area contributed by atoms with E-state index in [0.29, 0.717) is 17.6 Å². The number of carbonyl (C=O) groups excluding carboxylic acids is 2. The Morgan fingerprint density at radius 3 is 2.70 bits per heavy atom. The van der Waals surface area contributed by atoms with Crippen LogP contribution in [0.4, 0.5) is 4.79 Å². The summed E-state index contributed by atoms with van der Waals surface area (Å²) < 4.78 is 1.64. The molecule has 30 heavy (non-hydrogen) atoms. The van der Waals surface area contributed by atoms with Crippen LogP contribution in [0.3, 0.4) is 0 Å². The molecule has 2 N–H and O–H groups in total. The van der Waals surface area contributed by atoms with E-state index in [0.717, 1.165) is 35.0 Å². The molecule has 3 amide bonds. The average molecular weight is 451 g/mol. The van der Waals surface area contributed by atoms with Gasteiger partial charge in [0.25, 0.3) is 5.56 Å². The molecule has 164 valence electrons. The number of hydrogen-bond acceptors (Lipinski definition) is 6. The van der Waals surface area contributed by atoms with Gasteiger partial charge in [-0.15, -0.1) is 11.3 Å². The summed E-state index contributed by atoms with van der Waals surface area (Å²) in [5, 5.41) is 5.76. The first kappa shape index (κ1) is 22.8. The standard InChI is InChI=1S/C21H30N4O3S2/c1-7-25-18(27)15-13-9-8-11(2)10-14(13)30-17(15)23-20(25)29-12(3)16(26)22-19(28)24-21(4,5)6/h11-12H,7-10H2,1-6H3,(H2,22,24,26,28). The fourth-order valence-corrected chi connectivity index (χ4v) is 5.97. The number of carbonyl (C=O) groups is 2. The van der Waals surface area contributed by atoms with E-state index in [2.05, 4.69) is 17.6 Å². The highest BCUT2D eigenvalue weighted by molar-refractivity contribution is 8.00. The Kier molecular flexibility index (Phi) is 6.62. The Morgan fingerprint density at radius 2 is 2.07 bits per heavy atom. The largest absolute Gasteiger partial charge is 0.333 e. The van der Waals surface area contributed by atoms with Crippen LogP contribution in [0.15, 0.2) is 9.95 Å². The number of aryl methyl sites for hydroxylation is 1. The van der Waals surface area contributed by atoms with E-state index < -0.39 is 22.7 Å². The van der Waals surface area contributed by atoms with E-state index in [1.165, 1.54) is 16.6 Å². The third kappa shape index (κ3) is 4.88. The predicted molar refractivity (Wildman–Crippen MR) is 122 cm³/mol. The number of urea groups is 1. The van der Waals surface area contributed by atoms with Crippen molar-refractivity contribution in [2.24, 2.45) is 5.92 Å². The van der Waals surface area contributed by atoms with Gasteiger partial charge in [-0.2, -0.15) is 0 Å². The minimum Gasteiger partial charge on any atom is -0.333 e. The first-order valence-electron chi connectivity index (χ1n) is 10.3. The van der Waals surface area contributed by atoms with E-state index >= 15 is 0 Å². The summed E-state index contributed by atoms with van der Waals surface area (Å²) in [5.74, 6) is 0.203. The van der Waals surface area contributed by atoms with Gasteiger partial charge in [-0.1, -0.05) is 18.7 Å². The second kappa shape index (κ2) is 8.70. The zero-order valence-electron chi connectivity index (χ0n) is 18.4. The summed E-state index contributed by atoms with van der Waals surface area (Å²) in [4.78, 5) is 44.5. The van der Waals surface area contributed by atoms with Crippen molar-refractivity contribution >= 4 is 45.3 Å². The number of aromatic nitrogens is 2. The number of thioether (sulfide) groups is 1. The molecule has 0 saturated carbocycles. The highest BCUT2D eigenvalue weighted by Gasteiger charge is 2.26. The molecule has 2 atom stereocenters. The molecule has 0 radical (unpaired) electrons. The van der Waals surface area contributed by atoms with Gasteiger partial charge in [-0.05, 0) is 65.4 Å². The van der Waals surface area contributed by atoms with Gasteiger partial charge in [0, 0.05) is 17.0 Å². The van der Waals surface area contributed by atoms with E-state index in [9.17, 15) is 14.4 Å². The molecule has 7 nitrogen and oxygen atoms in total. The number of hydrogen-bond donors (Lipinski definition) is 2. The molecule has 1 aliphatic rings. The van der Waals surface area contributed by atoms with Crippen molar-refractivity contribution in [3.05, 3.63) is 20.8 Å². The zero-order valence-corrected chi connectivity index (χ0v) is 20.1. The molecule has 0 bridgehead atoms. The lowest BCUT2D eigenvalue weighted by Gasteiger charge is -2.21. The molecule has 0 spiro atoms. The number of nitrogens with one attached hydrogen (secondary N) is 2. The fourth-order valence-electron chi connectivity index (χ4n) is 3.57. The van der Waals surface area contributed by atoms with Crippen LogP contribution in [-0.2, 0) is 24.2 Å². The third-order valence-electron chi connectivity index (χ3n) is 5.07. The molecule has 2 aromatic rings. The minimum absolute atomic E-state index is 0.0323. The van der Waals surface area contributed by atoms with E-state index in [4.69, 9.17) is 4.98 Å². The van der Waals surface area contributed by atoms with Crippen molar-refractivity contribution in [1.29, 1.82) is 0 Å². The van der Waals surface area contributed by atoms with E-state index in [-0.39, 0.29) is 5.56 Å². The number of amides is 3. The lowest BCUT2D eigenvalue weighted by atomic mass is 9.89. The van der Waals surface area contributed by atoms with Crippen molar-refractivity contribution in [2.45, 2.75) is 83.3 Å². The van der Waals surface area contributed by atoms with Crippen LogP contribution in [0, 0.1) is 5.92 Å². The highest BCUT2D eigenvalue weighted by atomic mass is 32.2. The second-order valence-corrected chi connectivity index (χ2v) is 11.3.